The Bertz CT molecular complexity index is 1300. The van der Waals surface area contributed by atoms with Crippen LogP contribution in [0.25, 0.3) is 22.5 Å². The van der Waals surface area contributed by atoms with Gasteiger partial charge in [0.25, 0.3) is 0 Å². The second-order valence-corrected chi connectivity index (χ2v) is 9.01. The molecule has 0 saturated carbocycles. The molecule has 1 unspecified atom stereocenters. The summed E-state index contributed by atoms with van der Waals surface area (Å²) in [6.07, 6.45) is 4.68. The van der Waals surface area contributed by atoms with E-state index in [0.717, 1.165) is 71.3 Å². The molecule has 2 aromatic heterocycles. The number of hydrogen-bond donors (Lipinski definition) is 1. The molecule has 1 N–H and O–H groups in total. The molecule has 5 rings (SSSR count). The van der Waals surface area contributed by atoms with Gasteiger partial charge in [0.1, 0.15) is 23.2 Å². The van der Waals surface area contributed by atoms with E-state index in [4.69, 9.17) is 14.5 Å². The van der Waals surface area contributed by atoms with E-state index in [-0.39, 0.29) is 11.9 Å². The monoisotopic (exact) mass is 516 g/mol. The third-order valence-corrected chi connectivity index (χ3v) is 6.50. The van der Waals surface area contributed by atoms with Crippen molar-refractivity contribution < 1.29 is 13.9 Å². The van der Waals surface area contributed by atoms with E-state index in [2.05, 4.69) is 27.9 Å². The third-order valence-electron chi connectivity index (χ3n) is 6.50. The number of benzene rings is 2. The molecule has 0 fully saturated rings. The minimum absolute atomic E-state index is 0.162. The third kappa shape index (κ3) is 6.22. The number of ether oxygens (including phenoxy) is 2. The van der Waals surface area contributed by atoms with Gasteiger partial charge in [0, 0.05) is 30.3 Å². The highest BCUT2D eigenvalue weighted by Gasteiger charge is 2.30. The molecule has 200 valence electrons. The normalized spacial score (nSPS) is 14.0. The Morgan fingerprint density at radius 1 is 1.03 bits per heavy atom. The largest absolute Gasteiger partial charge is 0.497 e. The summed E-state index contributed by atoms with van der Waals surface area (Å²) in [5.41, 5.74) is 4.91. The molecule has 2 aromatic carbocycles. The van der Waals surface area contributed by atoms with Gasteiger partial charge in [-0.1, -0.05) is 32.9 Å². The number of imidazole rings is 1. The fourth-order valence-electron chi connectivity index (χ4n) is 4.68. The van der Waals surface area contributed by atoms with Crippen LogP contribution in [-0.2, 0) is 17.8 Å². The molecule has 0 radical (unpaired) electrons. The number of hydrogen-bond acceptors (Lipinski definition) is 5. The molecule has 0 spiro atoms. The van der Waals surface area contributed by atoms with Gasteiger partial charge in [-0.15, -0.1) is 0 Å². The Balaban J connectivity index is 0.00000164. The molecule has 7 heteroatoms. The number of halogens is 1. The van der Waals surface area contributed by atoms with Crippen LogP contribution in [0.15, 0.2) is 66.9 Å². The van der Waals surface area contributed by atoms with E-state index in [1.54, 1.807) is 19.2 Å². The Kier molecular flexibility index (Phi) is 9.49. The van der Waals surface area contributed by atoms with Gasteiger partial charge in [-0.3, -0.25) is 0 Å². The lowest BCUT2D eigenvalue weighted by Crippen LogP contribution is -2.13. The van der Waals surface area contributed by atoms with Crippen molar-refractivity contribution in [2.75, 3.05) is 25.6 Å². The van der Waals surface area contributed by atoms with Crippen LogP contribution in [0.1, 0.15) is 51.0 Å². The Morgan fingerprint density at radius 3 is 2.50 bits per heavy atom. The van der Waals surface area contributed by atoms with Gasteiger partial charge in [-0.25, -0.2) is 14.4 Å². The van der Waals surface area contributed by atoms with Crippen LogP contribution in [0.4, 0.5) is 10.2 Å². The second-order valence-electron chi connectivity index (χ2n) is 9.01. The van der Waals surface area contributed by atoms with Gasteiger partial charge in [0.05, 0.1) is 37.8 Å². The van der Waals surface area contributed by atoms with Crippen LogP contribution in [0.3, 0.4) is 0 Å². The highest BCUT2D eigenvalue weighted by atomic mass is 19.1. The molecule has 0 saturated heterocycles. The quantitative estimate of drug-likeness (QED) is 0.239. The zero-order valence-electron chi connectivity index (χ0n) is 22.7. The van der Waals surface area contributed by atoms with Crippen molar-refractivity contribution in [2.24, 2.45) is 0 Å². The summed E-state index contributed by atoms with van der Waals surface area (Å²) in [5, 5.41) is 3.38. The highest BCUT2D eigenvalue weighted by Crippen LogP contribution is 2.40. The lowest BCUT2D eigenvalue weighted by atomic mass is 10.0. The number of methoxy groups -OCH3 is 1. The van der Waals surface area contributed by atoms with Crippen molar-refractivity contribution >= 4 is 5.82 Å². The first-order chi connectivity index (χ1) is 18.7. The lowest BCUT2D eigenvalue weighted by molar-refractivity contribution is 0.0925. The zero-order valence-corrected chi connectivity index (χ0v) is 22.7. The maximum atomic E-state index is 13.7. The number of aryl methyl sites for hydroxylation is 1. The number of nitrogens with zero attached hydrogens (tertiary/aromatic N) is 3. The van der Waals surface area contributed by atoms with E-state index in [0.29, 0.717) is 13.2 Å². The molecule has 0 bridgehead atoms. The molecule has 1 aliphatic rings. The molecule has 0 amide bonds. The number of anilines is 1. The average Bonchev–Trinajstić information content (AvgIpc) is 3.54. The first-order valence-electron chi connectivity index (χ1n) is 13.4. The molecular formula is C31H37FN4O2. The van der Waals surface area contributed by atoms with E-state index in [1.807, 2.05) is 50.4 Å². The molecule has 38 heavy (non-hydrogen) atoms. The maximum absolute atomic E-state index is 13.7. The zero-order chi connectivity index (χ0) is 26.9. The fraction of sp³-hybridized carbons (Fsp3) is 0.355. The molecule has 6 nitrogen and oxygen atoms in total. The van der Waals surface area contributed by atoms with Gasteiger partial charge in [-0.05, 0) is 66.9 Å². The van der Waals surface area contributed by atoms with Crippen molar-refractivity contribution in [3.8, 4) is 28.3 Å². The van der Waals surface area contributed by atoms with E-state index in [1.165, 1.54) is 12.1 Å². The highest BCUT2D eigenvalue weighted by molar-refractivity contribution is 5.80. The molecule has 4 aromatic rings. The van der Waals surface area contributed by atoms with Crippen LogP contribution in [0.5, 0.6) is 5.75 Å². The van der Waals surface area contributed by atoms with E-state index in [9.17, 15) is 4.39 Å². The summed E-state index contributed by atoms with van der Waals surface area (Å²) in [6.45, 7) is 8.10. The predicted octanol–water partition coefficient (Wildman–Crippen LogP) is 7.31. The summed E-state index contributed by atoms with van der Waals surface area (Å²) in [7, 11) is 1.66. The smallest absolute Gasteiger partial charge is 0.126 e. The molecule has 0 aliphatic carbocycles. The van der Waals surface area contributed by atoms with Gasteiger partial charge >= 0.3 is 0 Å². The minimum Gasteiger partial charge on any atom is -0.497 e. The summed E-state index contributed by atoms with van der Waals surface area (Å²) in [6, 6.07) is 18.8. The van der Waals surface area contributed by atoms with Crippen LogP contribution < -0.4 is 10.1 Å². The summed E-state index contributed by atoms with van der Waals surface area (Å²) < 4.78 is 27.4. The average molecular weight is 517 g/mol. The number of rotatable bonds is 10. The van der Waals surface area contributed by atoms with Crippen molar-refractivity contribution in [1.29, 1.82) is 0 Å². The van der Waals surface area contributed by atoms with Gasteiger partial charge in [-0.2, -0.15) is 0 Å². The number of fused-ring (bicyclic) bond motifs is 1. The SMILES string of the molecule is CC.CCCNc1cc(-c2c(-c3ccc(F)cc3)nc3n2C(COCc2ccc(OC)cc2)CC3)ccn1. The summed E-state index contributed by atoms with van der Waals surface area (Å²) in [4.78, 5) is 9.51. The Hall–Kier alpha value is -3.71. The van der Waals surface area contributed by atoms with Crippen LogP contribution in [-0.4, -0.2) is 34.8 Å². The predicted molar refractivity (Wildman–Crippen MR) is 151 cm³/mol. The first kappa shape index (κ1) is 27.3. The summed E-state index contributed by atoms with van der Waals surface area (Å²) in [5.74, 6) is 2.44. The van der Waals surface area contributed by atoms with Crippen molar-refractivity contribution in [3.63, 3.8) is 0 Å². The van der Waals surface area contributed by atoms with Crippen molar-refractivity contribution in [1.82, 2.24) is 14.5 Å². The van der Waals surface area contributed by atoms with Gasteiger partial charge in [0.15, 0.2) is 0 Å². The van der Waals surface area contributed by atoms with Crippen LogP contribution in [0.2, 0.25) is 0 Å². The second kappa shape index (κ2) is 13.2. The van der Waals surface area contributed by atoms with Crippen molar-refractivity contribution in [3.05, 3.63) is 84.1 Å². The van der Waals surface area contributed by atoms with Crippen molar-refractivity contribution in [2.45, 2.75) is 52.7 Å². The Labute approximate surface area is 224 Å². The van der Waals surface area contributed by atoms with E-state index >= 15 is 0 Å². The number of aromatic nitrogens is 3. The minimum atomic E-state index is -0.258. The molecular weight excluding hydrogens is 479 g/mol. The van der Waals surface area contributed by atoms with Crippen LogP contribution >= 0.6 is 0 Å². The van der Waals surface area contributed by atoms with Gasteiger partial charge in [0.2, 0.25) is 0 Å². The lowest BCUT2D eigenvalue weighted by Gasteiger charge is -2.18. The first-order valence-corrected chi connectivity index (χ1v) is 13.4. The molecule has 3 heterocycles. The maximum Gasteiger partial charge on any atom is 0.126 e. The summed E-state index contributed by atoms with van der Waals surface area (Å²) >= 11 is 0. The van der Waals surface area contributed by atoms with Gasteiger partial charge < -0.3 is 19.4 Å². The number of pyridine rings is 1. The Morgan fingerprint density at radius 2 is 1.79 bits per heavy atom. The van der Waals surface area contributed by atoms with Crippen LogP contribution in [0, 0.1) is 5.82 Å². The fourth-order valence-corrected chi connectivity index (χ4v) is 4.68. The molecule has 1 atom stereocenters. The molecule has 1 aliphatic heterocycles. The number of nitrogens with one attached hydrogen (secondary N) is 1. The topological polar surface area (TPSA) is 61.2 Å². The standard InChI is InChI=1S/C29H31FN4O2.C2H6/c1-3-15-31-26-17-22(14-16-32-26)29-28(21-6-8-23(30)9-7-21)33-27-13-10-24(34(27)29)19-36-18-20-4-11-25(35-2)12-5-20;1-2/h4-9,11-12,14,16-17,24H,3,10,13,15,18-19H2,1-2H3,(H,31,32);1-2H3. The van der Waals surface area contributed by atoms with E-state index < -0.39 is 0 Å².